The summed E-state index contributed by atoms with van der Waals surface area (Å²) in [5.74, 6) is 1.29. The average Bonchev–Trinajstić information content (AvgIpc) is 2.74. The van der Waals surface area contributed by atoms with E-state index in [-0.39, 0.29) is 0 Å². The fourth-order valence-electron chi connectivity index (χ4n) is 2.76. The number of aromatic nitrogens is 2. The Morgan fingerprint density at radius 2 is 1.95 bits per heavy atom. The smallest absolute Gasteiger partial charge is 0.318 e. The molecule has 0 amide bonds. The topological polar surface area (TPSA) is 42.2 Å². The third kappa shape index (κ3) is 2.78. The maximum atomic E-state index is 5.52. The van der Waals surface area contributed by atoms with Gasteiger partial charge in [-0.1, -0.05) is 35.4 Å². The number of aryl methyl sites for hydroxylation is 1. The molecule has 0 unspecified atom stereocenters. The lowest BCUT2D eigenvalue weighted by molar-refractivity contribution is 0.503. The fourth-order valence-corrected chi connectivity index (χ4v) is 2.76. The molecule has 100 valence electrons. The zero-order chi connectivity index (χ0) is 13.1. The number of rotatable bonds is 2. The van der Waals surface area contributed by atoms with Gasteiger partial charge in [0.25, 0.3) is 0 Å². The summed E-state index contributed by atoms with van der Waals surface area (Å²) in [6.07, 6.45) is 3.54. The third-order valence-corrected chi connectivity index (χ3v) is 3.78. The number of hydrogen-bond acceptors (Lipinski definition) is 4. The van der Waals surface area contributed by atoms with Gasteiger partial charge in [0, 0.05) is 20.0 Å². The number of benzene rings is 1. The van der Waals surface area contributed by atoms with Crippen molar-refractivity contribution in [3.05, 3.63) is 41.8 Å². The first-order valence-corrected chi connectivity index (χ1v) is 6.93. The van der Waals surface area contributed by atoms with Crippen LogP contribution in [-0.4, -0.2) is 23.3 Å². The van der Waals surface area contributed by atoms with Crippen LogP contribution in [0.15, 0.2) is 34.7 Å². The summed E-state index contributed by atoms with van der Waals surface area (Å²) in [7, 11) is 0. The molecule has 1 aliphatic rings. The normalized spacial score (nSPS) is 20.3. The summed E-state index contributed by atoms with van der Waals surface area (Å²) in [5, 5.41) is 8.03. The van der Waals surface area contributed by atoms with Gasteiger partial charge in [-0.15, -0.1) is 5.10 Å². The van der Waals surface area contributed by atoms with Gasteiger partial charge in [-0.25, -0.2) is 0 Å². The summed E-state index contributed by atoms with van der Waals surface area (Å²) in [6, 6.07) is 11.5. The molecule has 4 nitrogen and oxygen atoms in total. The largest absolute Gasteiger partial charge is 0.408 e. The minimum Gasteiger partial charge on any atom is -0.408 e. The molecule has 1 saturated heterocycles. The minimum atomic E-state index is 0.638. The molecular formula is C15H19N3O. The van der Waals surface area contributed by atoms with E-state index >= 15 is 0 Å². The van der Waals surface area contributed by atoms with Crippen LogP contribution >= 0.6 is 0 Å². The van der Waals surface area contributed by atoms with Gasteiger partial charge in [-0.2, -0.15) is 0 Å². The van der Waals surface area contributed by atoms with Crippen molar-refractivity contribution in [3.8, 4) is 0 Å². The van der Waals surface area contributed by atoms with Crippen molar-refractivity contribution >= 4 is 6.01 Å². The van der Waals surface area contributed by atoms with Gasteiger partial charge < -0.3 is 9.32 Å². The first-order valence-electron chi connectivity index (χ1n) is 6.93. The highest BCUT2D eigenvalue weighted by molar-refractivity contribution is 5.26. The Labute approximate surface area is 113 Å². The van der Waals surface area contributed by atoms with Crippen LogP contribution in [0.4, 0.5) is 6.01 Å². The summed E-state index contributed by atoms with van der Waals surface area (Å²) >= 11 is 0. The van der Waals surface area contributed by atoms with E-state index in [4.69, 9.17) is 4.42 Å². The quantitative estimate of drug-likeness (QED) is 0.828. The second kappa shape index (κ2) is 5.43. The van der Waals surface area contributed by atoms with Gasteiger partial charge >= 0.3 is 6.01 Å². The van der Waals surface area contributed by atoms with E-state index < -0.39 is 0 Å². The maximum absolute atomic E-state index is 5.52. The van der Waals surface area contributed by atoms with Gasteiger partial charge in [-0.05, 0) is 30.7 Å². The van der Waals surface area contributed by atoms with Crippen molar-refractivity contribution in [1.29, 1.82) is 0 Å². The lowest BCUT2D eigenvalue weighted by Crippen LogP contribution is -2.24. The molecule has 2 aromatic rings. The summed E-state index contributed by atoms with van der Waals surface area (Å²) in [6.45, 7) is 3.83. The molecule has 1 atom stereocenters. The predicted molar refractivity (Wildman–Crippen MR) is 74.3 cm³/mol. The van der Waals surface area contributed by atoms with E-state index in [0.29, 0.717) is 17.8 Å². The van der Waals surface area contributed by atoms with Crippen LogP contribution in [0.1, 0.15) is 36.6 Å². The molecule has 0 bridgehead atoms. The zero-order valence-electron chi connectivity index (χ0n) is 11.2. The molecular weight excluding hydrogens is 238 g/mol. The Balaban J connectivity index is 1.69. The first kappa shape index (κ1) is 12.2. The molecule has 0 N–H and O–H groups in total. The minimum absolute atomic E-state index is 0.638. The lowest BCUT2D eigenvalue weighted by atomic mass is 9.92. The highest BCUT2D eigenvalue weighted by Gasteiger charge is 2.21. The van der Waals surface area contributed by atoms with Crippen molar-refractivity contribution in [2.24, 2.45) is 0 Å². The first-order chi connectivity index (χ1) is 9.33. The van der Waals surface area contributed by atoms with E-state index in [1.807, 2.05) is 6.92 Å². The number of nitrogens with zero attached hydrogens (tertiary/aromatic N) is 3. The predicted octanol–water partition coefficient (Wildman–Crippen LogP) is 3.15. The molecule has 3 rings (SSSR count). The second-order valence-electron chi connectivity index (χ2n) is 5.13. The van der Waals surface area contributed by atoms with Crippen molar-refractivity contribution in [1.82, 2.24) is 10.2 Å². The Kier molecular flexibility index (Phi) is 3.49. The second-order valence-corrected chi connectivity index (χ2v) is 5.13. The van der Waals surface area contributed by atoms with E-state index in [1.54, 1.807) is 0 Å². The monoisotopic (exact) mass is 257 g/mol. The van der Waals surface area contributed by atoms with Crippen LogP contribution in [0.5, 0.6) is 0 Å². The highest BCUT2D eigenvalue weighted by Crippen LogP contribution is 2.29. The molecule has 1 aliphatic heterocycles. The average molecular weight is 257 g/mol. The lowest BCUT2D eigenvalue weighted by Gasteiger charge is -2.17. The van der Waals surface area contributed by atoms with Gasteiger partial charge in [-0.3, -0.25) is 0 Å². The van der Waals surface area contributed by atoms with Crippen molar-refractivity contribution in [3.63, 3.8) is 0 Å². The van der Waals surface area contributed by atoms with Crippen molar-refractivity contribution in [2.45, 2.75) is 32.1 Å². The number of anilines is 1. The third-order valence-electron chi connectivity index (χ3n) is 3.78. The molecule has 2 heterocycles. The van der Waals surface area contributed by atoms with Crippen LogP contribution in [0, 0.1) is 6.92 Å². The molecule has 1 aromatic carbocycles. The molecule has 4 heteroatoms. The summed E-state index contributed by atoms with van der Waals surface area (Å²) in [5.41, 5.74) is 1.45. The fraction of sp³-hybridized carbons (Fsp3) is 0.467. The van der Waals surface area contributed by atoms with Crippen molar-refractivity contribution in [2.75, 3.05) is 18.0 Å². The highest BCUT2D eigenvalue weighted by atomic mass is 16.4. The Hall–Kier alpha value is -1.84. The molecule has 1 aromatic heterocycles. The van der Waals surface area contributed by atoms with Crippen LogP contribution in [0.2, 0.25) is 0 Å². The van der Waals surface area contributed by atoms with Crippen LogP contribution in [0.3, 0.4) is 0 Å². The van der Waals surface area contributed by atoms with Crippen LogP contribution in [0.25, 0.3) is 0 Å². The van der Waals surface area contributed by atoms with Crippen LogP contribution < -0.4 is 4.90 Å². The molecule has 1 fully saturated rings. The SMILES string of the molecule is Cc1nnc(N2CCC[C@H](c3ccccc3)CC2)o1. The molecule has 0 aliphatic carbocycles. The molecule has 0 saturated carbocycles. The standard InChI is InChI=1S/C15H19N3O/c1-12-16-17-15(19-12)18-10-5-8-14(9-11-18)13-6-3-2-4-7-13/h2-4,6-7,14H,5,8-11H2,1H3/t14-/m0/s1. The van der Waals surface area contributed by atoms with E-state index in [1.165, 1.54) is 18.4 Å². The Morgan fingerprint density at radius 3 is 2.68 bits per heavy atom. The van der Waals surface area contributed by atoms with Crippen LogP contribution in [-0.2, 0) is 0 Å². The number of hydrogen-bond donors (Lipinski definition) is 0. The molecule has 0 radical (unpaired) electrons. The van der Waals surface area contributed by atoms with Gasteiger partial charge in [0.15, 0.2) is 0 Å². The van der Waals surface area contributed by atoms with E-state index in [9.17, 15) is 0 Å². The zero-order valence-corrected chi connectivity index (χ0v) is 11.2. The Bertz CT molecular complexity index is 523. The van der Waals surface area contributed by atoms with Gasteiger partial charge in [0.2, 0.25) is 5.89 Å². The molecule has 19 heavy (non-hydrogen) atoms. The Morgan fingerprint density at radius 1 is 1.11 bits per heavy atom. The van der Waals surface area contributed by atoms with E-state index in [0.717, 1.165) is 19.5 Å². The summed E-state index contributed by atoms with van der Waals surface area (Å²) < 4.78 is 5.52. The van der Waals surface area contributed by atoms with Gasteiger partial charge in [0.1, 0.15) is 0 Å². The maximum Gasteiger partial charge on any atom is 0.318 e. The van der Waals surface area contributed by atoms with Crippen molar-refractivity contribution < 1.29 is 4.42 Å². The molecule has 0 spiro atoms. The van der Waals surface area contributed by atoms with Gasteiger partial charge in [0.05, 0.1) is 0 Å². The van der Waals surface area contributed by atoms with E-state index in [2.05, 4.69) is 45.4 Å². The summed E-state index contributed by atoms with van der Waals surface area (Å²) in [4.78, 5) is 2.21.